The number of carbonyl (C=O) groups is 1. The number of ketones is 1. The van der Waals surface area contributed by atoms with Crippen molar-refractivity contribution in [2.24, 2.45) is 0 Å². The van der Waals surface area contributed by atoms with Crippen LogP contribution < -0.4 is 0 Å². The van der Waals surface area contributed by atoms with Crippen molar-refractivity contribution >= 4 is 17.5 Å². The van der Waals surface area contributed by atoms with E-state index in [9.17, 15) is 4.79 Å². The lowest BCUT2D eigenvalue weighted by molar-refractivity contribution is 0.102. The maximum absolute atomic E-state index is 12.4. The molecule has 0 amide bonds. The zero-order chi connectivity index (χ0) is 18.0. The Kier molecular flexibility index (Phi) is 5.03. The largest absolute Gasteiger partial charge is 0.362 e. The number of aromatic nitrogens is 5. The van der Waals surface area contributed by atoms with Crippen molar-refractivity contribution in [2.45, 2.75) is 38.8 Å². The molecule has 2 aromatic heterocycles. The van der Waals surface area contributed by atoms with Gasteiger partial charge in [0.15, 0.2) is 5.78 Å². The third-order valence-corrected chi connectivity index (χ3v) is 4.95. The zero-order valence-electron chi connectivity index (χ0n) is 14.8. The van der Waals surface area contributed by atoms with Crippen LogP contribution in [0.5, 0.6) is 0 Å². The first kappa shape index (κ1) is 17.4. The zero-order valence-corrected chi connectivity index (χ0v) is 15.6. The summed E-state index contributed by atoms with van der Waals surface area (Å²) >= 11 is 1.34. The molecule has 0 atom stereocenters. The molecule has 0 radical (unpaired) electrons. The Morgan fingerprint density at radius 3 is 2.56 bits per heavy atom. The number of thioether (sulfide) groups is 1. The average Bonchev–Trinajstić information content (AvgIpc) is 3.18. The van der Waals surface area contributed by atoms with Crippen LogP contribution in [0.2, 0.25) is 0 Å². The average molecular weight is 355 g/mol. The SMILES string of the molecule is Cc1cc(C(=O)CSc2nnnn2-c2ccc(C(C)C)cc2)c(C)[nH]1. The fourth-order valence-corrected chi connectivity index (χ4v) is 3.43. The Bertz CT molecular complexity index is 879. The van der Waals surface area contributed by atoms with E-state index in [2.05, 4.69) is 46.5 Å². The van der Waals surface area contributed by atoms with Gasteiger partial charge >= 0.3 is 0 Å². The minimum absolute atomic E-state index is 0.0663. The number of aryl methyl sites for hydroxylation is 2. The lowest BCUT2D eigenvalue weighted by Crippen LogP contribution is -2.05. The summed E-state index contributed by atoms with van der Waals surface area (Å²) in [6, 6.07) is 10.0. The summed E-state index contributed by atoms with van der Waals surface area (Å²) in [4.78, 5) is 15.6. The van der Waals surface area contributed by atoms with E-state index < -0.39 is 0 Å². The van der Waals surface area contributed by atoms with Gasteiger partial charge in [-0.05, 0) is 54.0 Å². The molecule has 0 fully saturated rings. The van der Waals surface area contributed by atoms with Crippen molar-refractivity contribution in [1.29, 1.82) is 0 Å². The van der Waals surface area contributed by atoms with Crippen molar-refractivity contribution in [3.05, 3.63) is 52.8 Å². The summed E-state index contributed by atoms with van der Waals surface area (Å²) in [5.41, 5.74) is 4.76. The number of nitrogens with zero attached hydrogens (tertiary/aromatic N) is 4. The number of rotatable bonds is 6. The number of hydrogen-bond donors (Lipinski definition) is 1. The van der Waals surface area contributed by atoms with Crippen molar-refractivity contribution in [1.82, 2.24) is 25.2 Å². The van der Waals surface area contributed by atoms with Gasteiger partial charge < -0.3 is 4.98 Å². The molecular weight excluding hydrogens is 334 g/mol. The van der Waals surface area contributed by atoms with Crippen molar-refractivity contribution < 1.29 is 4.79 Å². The second-order valence-corrected chi connectivity index (χ2v) is 7.26. The molecule has 0 aliphatic rings. The normalized spacial score (nSPS) is 11.2. The maximum atomic E-state index is 12.4. The number of aromatic amines is 1. The Labute approximate surface area is 151 Å². The number of nitrogens with one attached hydrogen (secondary N) is 1. The van der Waals surface area contributed by atoms with Crippen molar-refractivity contribution in [2.75, 3.05) is 5.75 Å². The van der Waals surface area contributed by atoms with Gasteiger partial charge in [-0.2, -0.15) is 4.68 Å². The maximum Gasteiger partial charge on any atom is 0.214 e. The van der Waals surface area contributed by atoms with E-state index in [0.717, 1.165) is 22.6 Å². The molecule has 1 N–H and O–H groups in total. The number of tetrazole rings is 1. The van der Waals surface area contributed by atoms with E-state index in [1.807, 2.05) is 32.0 Å². The molecule has 0 saturated heterocycles. The van der Waals surface area contributed by atoms with Crippen LogP contribution in [0.25, 0.3) is 5.69 Å². The minimum atomic E-state index is 0.0663. The molecule has 0 aliphatic heterocycles. The summed E-state index contributed by atoms with van der Waals surface area (Å²) in [5.74, 6) is 0.835. The van der Waals surface area contributed by atoms with Gasteiger partial charge in [-0.3, -0.25) is 4.79 Å². The van der Waals surface area contributed by atoms with E-state index >= 15 is 0 Å². The third-order valence-electron chi connectivity index (χ3n) is 4.03. The second kappa shape index (κ2) is 7.23. The van der Waals surface area contributed by atoms with Gasteiger partial charge in [0.2, 0.25) is 5.16 Å². The fraction of sp³-hybridized carbons (Fsp3) is 0.333. The molecule has 0 saturated carbocycles. The molecular formula is C18H21N5OS. The monoisotopic (exact) mass is 355 g/mol. The third kappa shape index (κ3) is 3.82. The predicted molar refractivity (Wildman–Crippen MR) is 98.6 cm³/mol. The van der Waals surface area contributed by atoms with Gasteiger partial charge in [0.1, 0.15) is 0 Å². The molecule has 6 nitrogen and oxygen atoms in total. The molecule has 1 aromatic carbocycles. The van der Waals surface area contributed by atoms with Gasteiger partial charge in [0.25, 0.3) is 0 Å². The highest BCUT2D eigenvalue weighted by Crippen LogP contribution is 2.22. The number of benzene rings is 1. The molecule has 0 aliphatic carbocycles. The fourth-order valence-electron chi connectivity index (χ4n) is 2.65. The van der Waals surface area contributed by atoms with Gasteiger partial charge in [-0.25, -0.2) is 0 Å². The summed E-state index contributed by atoms with van der Waals surface area (Å²) in [7, 11) is 0. The lowest BCUT2D eigenvalue weighted by Gasteiger charge is -2.07. The standard InChI is InChI=1S/C18H21N5OS/c1-11(2)14-5-7-15(8-6-14)23-18(20-21-22-23)25-10-17(24)16-9-12(3)19-13(16)4/h5-9,11,19H,10H2,1-4H3. The number of carbonyl (C=O) groups excluding carboxylic acids is 1. The van der Waals surface area contributed by atoms with Gasteiger partial charge in [0, 0.05) is 17.0 Å². The summed E-state index contributed by atoms with van der Waals surface area (Å²) in [5, 5.41) is 12.5. The van der Waals surface area contributed by atoms with E-state index in [1.54, 1.807) is 4.68 Å². The van der Waals surface area contributed by atoms with Gasteiger partial charge in [-0.1, -0.05) is 37.7 Å². The topological polar surface area (TPSA) is 76.5 Å². The molecule has 7 heteroatoms. The lowest BCUT2D eigenvalue weighted by atomic mass is 10.0. The van der Waals surface area contributed by atoms with Gasteiger partial charge in [0.05, 0.1) is 11.4 Å². The Hall–Kier alpha value is -2.41. The first-order valence-corrected chi connectivity index (χ1v) is 9.15. The van der Waals surface area contributed by atoms with E-state index in [-0.39, 0.29) is 5.78 Å². The summed E-state index contributed by atoms with van der Waals surface area (Å²) in [6.45, 7) is 8.16. The molecule has 3 aromatic rings. The Balaban J connectivity index is 1.73. The molecule has 130 valence electrons. The van der Waals surface area contributed by atoms with Crippen LogP contribution in [0.1, 0.15) is 47.1 Å². The minimum Gasteiger partial charge on any atom is -0.362 e. The number of Topliss-reactive ketones (excluding diaryl/α,β-unsaturated/α-hetero) is 1. The van der Waals surface area contributed by atoms with Crippen molar-refractivity contribution in [3.63, 3.8) is 0 Å². The van der Waals surface area contributed by atoms with Crippen LogP contribution in [-0.4, -0.2) is 36.7 Å². The van der Waals surface area contributed by atoms with Crippen LogP contribution in [0, 0.1) is 13.8 Å². The first-order valence-electron chi connectivity index (χ1n) is 8.16. The van der Waals surface area contributed by atoms with Crippen molar-refractivity contribution in [3.8, 4) is 5.69 Å². The smallest absolute Gasteiger partial charge is 0.214 e. The number of H-pyrrole nitrogens is 1. The highest BCUT2D eigenvalue weighted by atomic mass is 32.2. The Morgan fingerprint density at radius 2 is 1.96 bits per heavy atom. The summed E-state index contributed by atoms with van der Waals surface area (Å²) in [6.07, 6.45) is 0. The molecule has 0 bridgehead atoms. The quantitative estimate of drug-likeness (QED) is 0.539. The van der Waals surface area contributed by atoms with E-state index in [1.165, 1.54) is 17.3 Å². The summed E-state index contributed by atoms with van der Waals surface area (Å²) < 4.78 is 1.66. The van der Waals surface area contributed by atoms with Gasteiger partial charge in [-0.15, -0.1) is 5.10 Å². The van der Waals surface area contributed by atoms with E-state index in [4.69, 9.17) is 0 Å². The van der Waals surface area contributed by atoms with Crippen LogP contribution in [-0.2, 0) is 0 Å². The highest BCUT2D eigenvalue weighted by Gasteiger charge is 2.15. The first-order chi connectivity index (χ1) is 12.0. The molecule has 0 spiro atoms. The van der Waals surface area contributed by atoms with Crippen LogP contribution in [0.3, 0.4) is 0 Å². The highest BCUT2D eigenvalue weighted by molar-refractivity contribution is 7.99. The predicted octanol–water partition coefficient (Wildman–Crippen LogP) is 3.71. The Morgan fingerprint density at radius 1 is 1.24 bits per heavy atom. The molecule has 2 heterocycles. The van der Waals surface area contributed by atoms with Crippen LogP contribution >= 0.6 is 11.8 Å². The molecule has 0 unspecified atom stereocenters. The second-order valence-electron chi connectivity index (χ2n) is 6.32. The van der Waals surface area contributed by atoms with Crippen LogP contribution in [0.4, 0.5) is 0 Å². The number of hydrogen-bond acceptors (Lipinski definition) is 5. The molecule has 25 heavy (non-hydrogen) atoms. The molecule has 3 rings (SSSR count). The van der Waals surface area contributed by atoms with Crippen LogP contribution in [0.15, 0.2) is 35.5 Å². The van der Waals surface area contributed by atoms with E-state index in [0.29, 0.717) is 16.8 Å².